The Morgan fingerprint density at radius 2 is 1.72 bits per heavy atom. The molecule has 9 heteroatoms. The van der Waals surface area contributed by atoms with Crippen molar-refractivity contribution in [2.45, 2.75) is 13.1 Å². The first-order valence-electron chi connectivity index (χ1n) is 9.69. The van der Waals surface area contributed by atoms with Crippen molar-refractivity contribution in [3.63, 3.8) is 0 Å². The molecule has 1 heterocycles. The van der Waals surface area contributed by atoms with Crippen LogP contribution in [0, 0.1) is 10.1 Å². The lowest BCUT2D eigenvalue weighted by Gasteiger charge is -2.23. The van der Waals surface area contributed by atoms with E-state index in [1.54, 1.807) is 18.1 Å². The van der Waals surface area contributed by atoms with Crippen LogP contribution < -0.4 is 14.2 Å². The standard InChI is InChI=1S/C23H19ClN2O6/c1-30-18-6-2-15(3-7-18)12-25(13-16-4-9-21-22(10-16)32-14-31-21)23(27)17-5-8-19(24)20(11-17)26(28)29/h2-11H,12-14H2,1H3. The van der Waals surface area contributed by atoms with Crippen LogP contribution in [0.25, 0.3) is 0 Å². The summed E-state index contributed by atoms with van der Waals surface area (Å²) in [7, 11) is 1.58. The van der Waals surface area contributed by atoms with Gasteiger partial charge in [0.1, 0.15) is 10.8 Å². The highest BCUT2D eigenvalue weighted by Gasteiger charge is 2.22. The van der Waals surface area contributed by atoms with E-state index in [4.69, 9.17) is 25.8 Å². The number of nitrogens with zero attached hydrogens (tertiary/aromatic N) is 2. The van der Waals surface area contributed by atoms with Gasteiger partial charge in [0.25, 0.3) is 11.6 Å². The molecule has 0 saturated carbocycles. The van der Waals surface area contributed by atoms with Gasteiger partial charge in [-0.25, -0.2) is 0 Å². The number of fused-ring (bicyclic) bond motifs is 1. The van der Waals surface area contributed by atoms with E-state index in [1.165, 1.54) is 18.2 Å². The molecule has 3 aromatic rings. The molecule has 4 rings (SSSR count). The highest BCUT2D eigenvalue weighted by atomic mass is 35.5. The molecular formula is C23H19ClN2O6. The first-order chi connectivity index (χ1) is 15.4. The van der Waals surface area contributed by atoms with Gasteiger partial charge in [-0.2, -0.15) is 0 Å². The lowest BCUT2D eigenvalue weighted by molar-refractivity contribution is -0.384. The molecule has 1 aliphatic rings. The molecule has 0 unspecified atom stereocenters. The van der Waals surface area contributed by atoms with Crippen LogP contribution in [0.4, 0.5) is 5.69 Å². The van der Waals surface area contributed by atoms with Gasteiger partial charge in [0.15, 0.2) is 11.5 Å². The highest BCUT2D eigenvalue weighted by molar-refractivity contribution is 6.32. The molecule has 0 spiro atoms. The zero-order chi connectivity index (χ0) is 22.7. The average Bonchev–Trinajstić information content (AvgIpc) is 3.27. The molecule has 1 aliphatic heterocycles. The second kappa shape index (κ2) is 9.15. The fraction of sp³-hybridized carbons (Fsp3) is 0.174. The van der Waals surface area contributed by atoms with Gasteiger partial charge in [0.2, 0.25) is 6.79 Å². The summed E-state index contributed by atoms with van der Waals surface area (Å²) in [6, 6.07) is 16.9. The van der Waals surface area contributed by atoms with Crippen LogP contribution in [0.2, 0.25) is 5.02 Å². The van der Waals surface area contributed by atoms with E-state index in [1.807, 2.05) is 36.4 Å². The summed E-state index contributed by atoms with van der Waals surface area (Å²) in [5, 5.41) is 11.3. The van der Waals surface area contributed by atoms with Gasteiger partial charge < -0.3 is 19.1 Å². The monoisotopic (exact) mass is 454 g/mol. The Morgan fingerprint density at radius 1 is 1.03 bits per heavy atom. The quantitative estimate of drug-likeness (QED) is 0.375. The Kier molecular flexibility index (Phi) is 6.13. The molecule has 164 valence electrons. The van der Waals surface area contributed by atoms with Crippen LogP contribution in [0.15, 0.2) is 60.7 Å². The molecule has 8 nitrogen and oxygen atoms in total. The normalized spacial score (nSPS) is 11.8. The fourth-order valence-corrected chi connectivity index (χ4v) is 3.57. The first-order valence-corrected chi connectivity index (χ1v) is 10.1. The number of amides is 1. The number of nitro benzene ring substituents is 1. The molecule has 0 aromatic heterocycles. The van der Waals surface area contributed by atoms with Crippen LogP contribution in [0.5, 0.6) is 17.2 Å². The Labute approximate surface area is 189 Å². The highest BCUT2D eigenvalue weighted by Crippen LogP contribution is 2.33. The molecule has 0 fully saturated rings. The number of carbonyl (C=O) groups is 1. The Hall–Kier alpha value is -3.78. The third kappa shape index (κ3) is 4.60. The number of halogens is 1. The van der Waals surface area contributed by atoms with Gasteiger partial charge >= 0.3 is 0 Å². The van der Waals surface area contributed by atoms with Gasteiger partial charge in [0, 0.05) is 24.7 Å². The molecule has 3 aromatic carbocycles. The van der Waals surface area contributed by atoms with Crippen molar-refractivity contribution >= 4 is 23.2 Å². The lowest BCUT2D eigenvalue weighted by atomic mass is 10.1. The maximum absolute atomic E-state index is 13.4. The molecule has 0 aliphatic carbocycles. The second-order valence-electron chi connectivity index (χ2n) is 7.12. The van der Waals surface area contributed by atoms with Gasteiger partial charge in [-0.3, -0.25) is 14.9 Å². The molecule has 0 saturated heterocycles. The van der Waals surface area contributed by atoms with Gasteiger partial charge in [0.05, 0.1) is 12.0 Å². The maximum Gasteiger partial charge on any atom is 0.288 e. The van der Waals surface area contributed by atoms with Crippen LogP contribution >= 0.6 is 11.6 Å². The minimum absolute atomic E-state index is 0.0241. The smallest absolute Gasteiger partial charge is 0.288 e. The molecule has 0 radical (unpaired) electrons. The molecular weight excluding hydrogens is 436 g/mol. The van der Waals surface area contributed by atoms with Crippen molar-refractivity contribution in [1.82, 2.24) is 4.90 Å². The predicted octanol–water partition coefficient (Wildman–Crippen LogP) is 4.83. The van der Waals surface area contributed by atoms with E-state index in [2.05, 4.69) is 0 Å². The summed E-state index contributed by atoms with van der Waals surface area (Å²) in [6.45, 7) is 0.702. The number of hydrogen-bond donors (Lipinski definition) is 0. The SMILES string of the molecule is COc1ccc(CN(Cc2ccc3c(c2)OCO3)C(=O)c2ccc(Cl)c([N+](=O)[O-])c2)cc1. The molecule has 1 amide bonds. The summed E-state index contributed by atoms with van der Waals surface area (Å²) in [5.41, 5.74) is 1.57. The van der Waals surface area contributed by atoms with Gasteiger partial charge in [-0.1, -0.05) is 29.8 Å². The third-order valence-corrected chi connectivity index (χ3v) is 5.34. The fourth-order valence-electron chi connectivity index (χ4n) is 3.38. The van der Waals surface area contributed by atoms with E-state index in [-0.39, 0.29) is 42.1 Å². The van der Waals surface area contributed by atoms with Crippen LogP contribution in [0.3, 0.4) is 0 Å². The van der Waals surface area contributed by atoms with Crippen molar-refractivity contribution in [2.75, 3.05) is 13.9 Å². The second-order valence-corrected chi connectivity index (χ2v) is 7.53. The summed E-state index contributed by atoms with van der Waals surface area (Å²) < 4.78 is 16.0. The number of benzene rings is 3. The van der Waals surface area contributed by atoms with Gasteiger partial charge in [-0.15, -0.1) is 0 Å². The van der Waals surface area contributed by atoms with Crippen LogP contribution in [0.1, 0.15) is 21.5 Å². The van der Waals surface area contributed by atoms with E-state index in [9.17, 15) is 14.9 Å². The van der Waals surface area contributed by atoms with E-state index in [0.29, 0.717) is 17.2 Å². The van der Waals surface area contributed by atoms with Crippen molar-refractivity contribution in [2.24, 2.45) is 0 Å². The number of ether oxygens (including phenoxy) is 3. The Morgan fingerprint density at radius 3 is 2.44 bits per heavy atom. The first kappa shape index (κ1) is 21.5. The average molecular weight is 455 g/mol. The molecule has 0 bridgehead atoms. The summed E-state index contributed by atoms with van der Waals surface area (Å²) >= 11 is 5.91. The molecule has 0 atom stereocenters. The Bertz CT molecular complexity index is 1170. The summed E-state index contributed by atoms with van der Waals surface area (Å²) in [5.74, 6) is 1.60. The lowest BCUT2D eigenvalue weighted by Crippen LogP contribution is -2.30. The number of hydrogen-bond acceptors (Lipinski definition) is 6. The number of nitro groups is 1. The van der Waals surface area contributed by atoms with Crippen molar-refractivity contribution < 1.29 is 23.9 Å². The Balaban J connectivity index is 1.65. The maximum atomic E-state index is 13.4. The summed E-state index contributed by atoms with van der Waals surface area (Å²) in [4.78, 5) is 25.6. The van der Waals surface area contributed by atoms with E-state index >= 15 is 0 Å². The summed E-state index contributed by atoms with van der Waals surface area (Å²) in [6.07, 6.45) is 0. The number of carbonyl (C=O) groups excluding carboxylic acids is 1. The predicted molar refractivity (Wildman–Crippen MR) is 117 cm³/mol. The zero-order valence-corrected chi connectivity index (χ0v) is 17.9. The van der Waals surface area contributed by atoms with Crippen molar-refractivity contribution in [3.8, 4) is 17.2 Å². The van der Waals surface area contributed by atoms with Crippen LogP contribution in [-0.2, 0) is 13.1 Å². The topological polar surface area (TPSA) is 91.1 Å². The van der Waals surface area contributed by atoms with E-state index in [0.717, 1.165) is 11.1 Å². The molecule has 32 heavy (non-hydrogen) atoms. The van der Waals surface area contributed by atoms with Crippen molar-refractivity contribution in [1.29, 1.82) is 0 Å². The number of rotatable bonds is 7. The number of methoxy groups -OCH3 is 1. The molecule has 0 N–H and O–H groups in total. The minimum atomic E-state index is -0.606. The van der Waals surface area contributed by atoms with Crippen LogP contribution in [-0.4, -0.2) is 29.6 Å². The largest absolute Gasteiger partial charge is 0.497 e. The minimum Gasteiger partial charge on any atom is -0.497 e. The van der Waals surface area contributed by atoms with E-state index < -0.39 is 4.92 Å². The van der Waals surface area contributed by atoms with Crippen molar-refractivity contribution in [3.05, 3.63) is 92.5 Å². The van der Waals surface area contributed by atoms with Gasteiger partial charge in [-0.05, 0) is 47.5 Å². The third-order valence-electron chi connectivity index (χ3n) is 5.02. The zero-order valence-electron chi connectivity index (χ0n) is 17.1.